The van der Waals surface area contributed by atoms with Gasteiger partial charge in [-0.25, -0.2) is 0 Å². The fourth-order valence-electron chi connectivity index (χ4n) is 11.2. The quantitative estimate of drug-likeness (QED) is 0.0544. The van der Waals surface area contributed by atoms with E-state index in [-0.39, 0.29) is 22.3 Å². The van der Waals surface area contributed by atoms with Gasteiger partial charge in [0.05, 0.1) is 11.8 Å². The van der Waals surface area contributed by atoms with Gasteiger partial charge in [-0.2, -0.15) is 0 Å². The van der Waals surface area contributed by atoms with E-state index >= 15 is 0 Å². The number of aromatic hydroxyl groups is 12. The predicted octanol–water partition coefficient (Wildman–Crippen LogP) is 1.67. The Labute approximate surface area is 501 Å². The maximum atomic E-state index is 14.8. The summed E-state index contributed by atoms with van der Waals surface area (Å²) in [7, 11) is 0. The van der Waals surface area contributed by atoms with E-state index in [1.807, 2.05) is 0 Å². The number of phenols is 12. The second kappa shape index (κ2) is 23.6. The number of esters is 2. The first-order valence-electron chi connectivity index (χ1n) is 26.9. The Kier molecular flexibility index (Phi) is 16.0. The fourth-order valence-corrected chi connectivity index (χ4v) is 11.2. The molecule has 3 aliphatic rings. The first kappa shape index (κ1) is 61.2. The maximum Gasteiger partial charge on any atom is 0.310 e. The summed E-state index contributed by atoms with van der Waals surface area (Å²) in [6.45, 7) is -2.16. The van der Waals surface area contributed by atoms with Crippen LogP contribution in [0.1, 0.15) is 23.0 Å². The van der Waals surface area contributed by atoms with Crippen molar-refractivity contribution in [2.75, 3.05) is 13.2 Å². The van der Waals surface area contributed by atoms with Gasteiger partial charge in [0.2, 0.25) is 34.9 Å². The van der Waals surface area contributed by atoms with E-state index < -0.39 is 235 Å². The van der Waals surface area contributed by atoms with Crippen LogP contribution in [0.2, 0.25) is 0 Å². The van der Waals surface area contributed by atoms with E-state index in [2.05, 4.69) is 0 Å². The van der Waals surface area contributed by atoms with E-state index in [1.165, 1.54) is 12.1 Å². The number of ether oxygens (including phenoxy) is 6. The van der Waals surface area contributed by atoms with Crippen molar-refractivity contribution < 1.29 is 139 Å². The van der Waals surface area contributed by atoms with Crippen LogP contribution in [0, 0.1) is 11.8 Å². The van der Waals surface area contributed by atoms with Crippen LogP contribution in [-0.2, 0) is 28.5 Å². The van der Waals surface area contributed by atoms with Crippen molar-refractivity contribution in [1.82, 2.24) is 0 Å². The number of rotatable bonds is 14. The Bertz CT molecular complexity index is 4000. The van der Waals surface area contributed by atoms with Gasteiger partial charge >= 0.3 is 11.9 Å². The second-order valence-electron chi connectivity index (χ2n) is 21.4. The summed E-state index contributed by atoms with van der Waals surface area (Å²) < 4.78 is 46.3. The summed E-state index contributed by atoms with van der Waals surface area (Å²) in [6.07, 6.45) is -21.4. The van der Waals surface area contributed by atoms with Crippen LogP contribution < -0.4 is 20.3 Å². The fraction of sp³-hybridized carbons (Fsp3) is 0.267. The molecule has 2 aromatic heterocycles. The summed E-state index contributed by atoms with van der Waals surface area (Å²) >= 11 is 0. The van der Waals surface area contributed by atoms with Crippen LogP contribution in [0.4, 0.5) is 0 Å². The van der Waals surface area contributed by atoms with Crippen molar-refractivity contribution in [2.45, 2.75) is 73.2 Å². The van der Waals surface area contributed by atoms with Crippen molar-refractivity contribution in [2.24, 2.45) is 11.8 Å². The van der Waals surface area contributed by atoms with Crippen LogP contribution in [0.15, 0.2) is 115 Å². The van der Waals surface area contributed by atoms with Gasteiger partial charge in [-0.05, 0) is 71.8 Å². The van der Waals surface area contributed by atoms with Crippen LogP contribution >= 0.6 is 0 Å². The lowest BCUT2D eigenvalue weighted by Crippen LogP contribution is -2.61. The van der Waals surface area contributed by atoms with Gasteiger partial charge < -0.3 is 129 Å². The molecule has 472 valence electrons. The average molecular weight is 1250 g/mol. The lowest BCUT2D eigenvalue weighted by atomic mass is 9.52. The van der Waals surface area contributed by atoms with Gasteiger partial charge in [0, 0.05) is 47.2 Å². The van der Waals surface area contributed by atoms with Crippen molar-refractivity contribution in [3.63, 3.8) is 0 Å². The molecule has 3 fully saturated rings. The van der Waals surface area contributed by atoms with Crippen molar-refractivity contribution in [1.29, 1.82) is 0 Å². The molecule has 0 spiro atoms. The molecule has 14 atom stereocenters. The molecule has 1 saturated carbocycles. The highest BCUT2D eigenvalue weighted by molar-refractivity contribution is 5.90. The van der Waals surface area contributed by atoms with Gasteiger partial charge in [0.1, 0.15) is 107 Å². The van der Waals surface area contributed by atoms with Gasteiger partial charge in [0.25, 0.3) is 0 Å². The molecule has 1 aliphatic carbocycles. The summed E-state index contributed by atoms with van der Waals surface area (Å²) in [6, 6.07) is 16.2. The van der Waals surface area contributed by atoms with Gasteiger partial charge in [0.15, 0.2) is 57.5 Å². The zero-order chi connectivity index (χ0) is 64.6. The average Bonchev–Trinajstić information content (AvgIpc) is 0.733. The van der Waals surface area contributed by atoms with E-state index in [9.17, 15) is 111 Å². The van der Waals surface area contributed by atoms with Crippen molar-refractivity contribution in [3.05, 3.63) is 129 Å². The largest absolute Gasteiger partial charge is 0.508 e. The maximum absolute atomic E-state index is 14.8. The Hall–Kier alpha value is -10.4. The third-order valence-corrected chi connectivity index (χ3v) is 15.8. The standard InChI is InChI=1S/C60H52O30/c61-23-13-33(71)41-35(15-23)85-53(21-3-7-27(65)31(69)11-21)55(47(41)75)89-59-51(79)49(77)45(73)37(87-59)17-83-57(81)43-39(19-1-5-25(63)29(67)9-19)40(20-2-6-26(64)30(68)10-20)44(43)58(82)84-18-38-46(74)50(78)52(80)60(88-38)90-56-48(76)42-34(72)14-24(62)16-36(42)86-54(56)22-4-8-28(66)32(70)12-22/h1-16,37-40,43-46,49-52,59-74,77-80H,17-18H2/t37-,38-,39-,40+,43-,44+,45-,46+,49+,50+,51-,52-,59+,60+/m1/s1. The molecule has 4 heterocycles. The molecule has 2 saturated heterocycles. The molecule has 90 heavy (non-hydrogen) atoms. The Morgan fingerprint density at radius 2 is 0.733 bits per heavy atom. The van der Waals surface area contributed by atoms with Crippen LogP contribution in [-0.4, -0.2) is 178 Å². The molecule has 6 aromatic carbocycles. The normalized spacial score (nSPS) is 25.7. The van der Waals surface area contributed by atoms with E-state index in [0.29, 0.717) is 0 Å². The number of benzene rings is 6. The molecular formula is C60H52O30. The van der Waals surface area contributed by atoms with Crippen LogP contribution in [0.25, 0.3) is 44.6 Å². The molecule has 0 bridgehead atoms. The lowest BCUT2D eigenvalue weighted by Gasteiger charge is -2.50. The van der Waals surface area contributed by atoms with Crippen molar-refractivity contribution in [3.8, 4) is 103 Å². The van der Waals surface area contributed by atoms with E-state index in [4.69, 9.17) is 37.3 Å². The number of carbonyl (C=O) groups excluding carboxylic acids is 2. The zero-order valence-electron chi connectivity index (χ0n) is 45.7. The van der Waals surface area contributed by atoms with Crippen molar-refractivity contribution >= 4 is 33.9 Å². The van der Waals surface area contributed by atoms with E-state index in [0.717, 1.165) is 84.9 Å². The Balaban J connectivity index is 0.893. The predicted molar refractivity (Wildman–Crippen MR) is 298 cm³/mol. The number of carbonyl (C=O) groups is 2. The third-order valence-electron chi connectivity index (χ3n) is 15.8. The number of aliphatic hydroxyl groups is 6. The third kappa shape index (κ3) is 11.0. The van der Waals surface area contributed by atoms with Gasteiger partial charge in [-0.3, -0.25) is 19.2 Å². The van der Waals surface area contributed by atoms with E-state index in [1.54, 1.807) is 0 Å². The number of phenolic OH excluding ortho intramolecular Hbond substituents is 12. The van der Waals surface area contributed by atoms with Gasteiger partial charge in [-0.1, -0.05) is 12.1 Å². The molecule has 30 heteroatoms. The molecule has 0 amide bonds. The number of hydrogen-bond donors (Lipinski definition) is 18. The first-order chi connectivity index (χ1) is 42.7. The summed E-state index contributed by atoms with van der Waals surface area (Å²) in [4.78, 5) is 57.9. The minimum Gasteiger partial charge on any atom is -0.508 e. The summed E-state index contributed by atoms with van der Waals surface area (Å²) in [5.74, 6) is -19.9. The highest BCUT2D eigenvalue weighted by Gasteiger charge is 2.61. The molecule has 8 aromatic rings. The number of aliphatic hydroxyl groups excluding tert-OH is 6. The molecule has 18 N–H and O–H groups in total. The van der Waals surface area contributed by atoms with Crippen LogP contribution in [0.3, 0.4) is 0 Å². The summed E-state index contributed by atoms with van der Waals surface area (Å²) in [5.41, 5.74) is -3.52. The highest BCUT2D eigenvalue weighted by Crippen LogP contribution is 2.60. The van der Waals surface area contributed by atoms with Gasteiger partial charge in [-0.15, -0.1) is 0 Å². The monoisotopic (exact) mass is 1250 g/mol. The lowest BCUT2D eigenvalue weighted by molar-refractivity contribution is -0.280. The summed E-state index contributed by atoms with van der Waals surface area (Å²) in [5, 5.41) is 191. The topological polar surface area (TPSA) is 514 Å². The minimum atomic E-state index is -2.24. The first-order valence-corrected chi connectivity index (χ1v) is 26.9. The highest BCUT2D eigenvalue weighted by atomic mass is 16.7. The molecule has 0 radical (unpaired) electrons. The second-order valence-corrected chi connectivity index (χ2v) is 21.4. The number of fused-ring (bicyclic) bond motifs is 2. The molecule has 30 nitrogen and oxygen atoms in total. The molecular weight excluding hydrogens is 1200 g/mol. The SMILES string of the molecule is O=C(OC[C@H]1O[C@@H](Oc2c(-c3ccc(O)c(O)c3)oc3cc(O)cc(O)c3c2=O)[C@H](O)[C@@H](O)[C@H]1O)[C@@H]1[C@H](C(=O)OC[C@H]2O[C@@H](Oc3c(-c4ccc(O)c(O)c4)oc4cc(O)cc(O)c4c3=O)[C@H](O)[C@@H](O)[C@@H]2O)[C@H](c2ccc(O)c(O)c2)[C@@H]1c1ccc(O)c(O)c1. The zero-order valence-corrected chi connectivity index (χ0v) is 45.7. The Morgan fingerprint density at radius 1 is 0.389 bits per heavy atom. The molecule has 0 unspecified atom stereocenters. The molecule has 2 aliphatic heterocycles. The molecule has 11 rings (SSSR count). The Morgan fingerprint density at radius 3 is 1.08 bits per heavy atom. The smallest absolute Gasteiger partial charge is 0.310 e. The minimum absolute atomic E-state index is 0.0244. The van der Waals surface area contributed by atoms with Crippen LogP contribution in [0.5, 0.6) is 80.5 Å². The number of hydrogen-bond acceptors (Lipinski definition) is 30.